The number of aliphatic hydroxyl groups excluding tert-OH is 1. The Balaban J connectivity index is 2.34. The van der Waals surface area contributed by atoms with Gasteiger partial charge in [-0.25, -0.2) is 0 Å². The third-order valence-electron chi connectivity index (χ3n) is 2.42. The van der Waals surface area contributed by atoms with E-state index in [9.17, 15) is 9.90 Å². The molecule has 0 fully saturated rings. The summed E-state index contributed by atoms with van der Waals surface area (Å²) in [7, 11) is 0. The van der Waals surface area contributed by atoms with Crippen molar-refractivity contribution in [2.75, 3.05) is 0 Å². The van der Waals surface area contributed by atoms with Gasteiger partial charge in [0.05, 0.1) is 6.10 Å². The maximum absolute atomic E-state index is 11.0. The number of carbonyl (C=O) groups excluding carboxylic acids is 1. The molecule has 0 aromatic carbocycles. The summed E-state index contributed by atoms with van der Waals surface area (Å²) >= 11 is 0. The van der Waals surface area contributed by atoms with Gasteiger partial charge in [0.15, 0.2) is 5.78 Å². The van der Waals surface area contributed by atoms with Crippen LogP contribution in [0.15, 0.2) is 11.1 Å². The van der Waals surface area contributed by atoms with Gasteiger partial charge in [0.1, 0.15) is 0 Å². The molecule has 2 aliphatic rings. The normalized spacial score (nSPS) is 31.7. The minimum absolute atomic E-state index is 0.270. The van der Waals surface area contributed by atoms with Gasteiger partial charge in [0.25, 0.3) is 0 Å². The zero-order valence-electron chi connectivity index (χ0n) is 5.76. The van der Waals surface area contributed by atoms with E-state index in [1.165, 1.54) is 0 Å². The molecule has 2 aliphatic carbocycles. The molecule has 10 heavy (non-hydrogen) atoms. The van der Waals surface area contributed by atoms with Crippen molar-refractivity contribution in [3.05, 3.63) is 11.1 Å². The first-order valence-electron chi connectivity index (χ1n) is 3.72. The van der Waals surface area contributed by atoms with E-state index in [2.05, 4.69) is 0 Å². The minimum Gasteiger partial charge on any atom is -0.389 e. The standard InChI is InChI=1S/C8H10O2/c9-7-3-1-5-6(7)2-4-8(5)10/h7,9H,1-4H2. The molecule has 2 rings (SSSR count). The van der Waals surface area contributed by atoms with Crippen molar-refractivity contribution >= 4 is 5.78 Å². The number of ketones is 1. The van der Waals surface area contributed by atoms with Crippen molar-refractivity contribution < 1.29 is 9.90 Å². The highest BCUT2D eigenvalue weighted by atomic mass is 16.3. The molecule has 2 nitrogen and oxygen atoms in total. The highest BCUT2D eigenvalue weighted by Gasteiger charge is 2.31. The molecule has 54 valence electrons. The molecule has 1 unspecified atom stereocenters. The Kier molecular flexibility index (Phi) is 1.17. The molecule has 0 amide bonds. The second-order valence-corrected chi connectivity index (χ2v) is 2.98. The van der Waals surface area contributed by atoms with Crippen molar-refractivity contribution in [1.82, 2.24) is 0 Å². The molecule has 1 atom stereocenters. The summed E-state index contributed by atoms with van der Waals surface area (Å²) in [6.45, 7) is 0. The average Bonchev–Trinajstić information content (AvgIpc) is 2.41. The summed E-state index contributed by atoms with van der Waals surface area (Å²) in [6, 6.07) is 0. The fourth-order valence-corrected chi connectivity index (χ4v) is 1.85. The lowest BCUT2D eigenvalue weighted by Gasteiger charge is -2.02. The van der Waals surface area contributed by atoms with Crippen LogP contribution in [0.1, 0.15) is 25.7 Å². The van der Waals surface area contributed by atoms with E-state index in [-0.39, 0.29) is 11.9 Å². The van der Waals surface area contributed by atoms with Crippen molar-refractivity contribution in [1.29, 1.82) is 0 Å². The number of hydrogen-bond donors (Lipinski definition) is 1. The Hall–Kier alpha value is -0.630. The van der Waals surface area contributed by atoms with Crippen LogP contribution in [0.5, 0.6) is 0 Å². The highest BCUT2D eigenvalue weighted by Crippen LogP contribution is 2.36. The van der Waals surface area contributed by atoms with Gasteiger partial charge >= 0.3 is 0 Å². The molecule has 0 spiro atoms. The SMILES string of the molecule is O=C1CCC2=C1CCC2O. The highest BCUT2D eigenvalue weighted by molar-refractivity contribution is 5.99. The van der Waals surface area contributed by atoms with Gasteiger partial charge in [-0.15, -0.1) is 0 Å². The average molecular weight is 138 g/mol. The smallest absolute Gasteiger partial charge is 0.159 e. The van der Waals surface area contributed by atoms with E-state index in [4.69, 9.17) is 0 Å². The van der Waals surface area contributed by atoms with Crippen LogP contribution >= 0.6 is 0 Å². The minimum atomic E-state index is -0.290. The van der Waals surface area contributed by atoms with Gasteiger partial charge in [-0.2, -0.15) is 0 Å². The van der Waals surface area contributed by atoms with Crippen LogP contribution in [0, 0.1) is 0 Å². The van der Waals surface area contributed by atoms with Crippen LogP contribution in [0.25, 0.3) is 0 Å². The molecule has 0 saturated heterocycles. The van der Waals surface area contributed by atoms with Gasteiger partial charge in [-0.05, 0) is 30.4 Å². The molecular weight excluding hydrogens is 128 g/mol. The van der Waals surface area contributed by atoms with Crippen LogP contribution in [-0.4, -0.2) is 17.0 Å². The van der Waals surface area contributed by atoms with Gasteiger partial charge in [0, 0.05) is 6.42 Å². The number of hydrogen-bond acceptors (Lipinski definition) is 2. The summed E-state index contributed by atoms with van der Waals surface area (Å²) in [5, 5.41) is 9.31. The predicted octanol–water partition coefficient (Wildman–Crippen LogP) is 0.801. The molecule has 0 heterocycles. The Labute approximate surface area is 59.5 Å². The fraction of sp³-hybridized carbons (Fsp3) is 0.625. The van der Waals surface area contributed by atoms with Crippen molar-refractivity contribution in [2.24, 2.45) is 0 Å². The molecule has 0 aromatic heterocycles. The summed E-state index contributed by atoms with van der Waals surface area (Å²) < 4.78 is 0. The van der Waals surface area contributed by atoms with Crippen LogP contribution in [-0.2, 0) is 4.79 Å². The van der Waals surface area contributed by atoms with E-state index < -0.39 is 0 Å². The van der Waals surface area contributed by atoms with Crippen LogP contribution < -0.4 is 0 Å². The lowest BCUT2D eigenvalue weighted by atomic mass is 10.1. The first kappa shape index (κ1) is 6.10. The first-order chi connectivity index (χ1) is 4.79. The molecule has 0 aromatic rings. The summed E-state index contributed by atoms with van der Waals surface area (Å²) in [6.07, 6.45) is 2.75. The first-order valence-corrected chi connectivity index (χ1v) is 3.72. The number of allylic oxidation sites excluding steroid dienone is 1. The third-order valence-corrected chi connectivity index (χ3v) is 2.42. The molecular formula is C8H10O2. The lowest BCUT2D eigenvalue weighted by Crippen LogP contribution is -2.03. The summed E-state index contributed by atoms with van der Waals surface area (Å²) in [5.74, 6) is 0.270. The summed E-state index contributed by atoms with van der Waals surface area (Å²) in [5.41, 5.74) is 1.97. The maximum Gasteiger partial charge on any atom is 0.159 e. The van der Waals surface area contributed by atoms with Crippen molar-refractivity contribution in [3.63, 3.8) is 0 Å². The topological polar surface area (TPSA) is 37.3 Å². The summed E-state index contributed by atoms with van der Waals surface area (Å²) in [4.78, 5) is 11.0. The number of aliphatic hydroxyl groups is 1. The van der Waals surface area contributed by atoms with Crippen molar-refractivity contribution in [2.45, 2.75) is 31.8 Å². The van der Waals surface area contributed by atoms with Crippen molar-refractivity contribution in [3.8, 4) is 0 Å². The zero-order chi connectivity index (χ0) is 7.14. The second kappa shape index (κ2) is 1.92. The van der Waals surface area contributed by atoms with E-state index >= 15 is 0 Å². The van der Waals surface area contributed by atoms with Gasteiger partial charge in [-0.1, -0.05) is 0 Å². The van der Waals surface area contributed by atoms with Gasteiger partial charge < -0.3 is 5.11 Å². The van der Waals surface area contributed by atoms with Crippen LogP contribution in [0.3, 0.4) is 0 Å². The van der Waals surface area contributed by atoms with Gasteiger partial charge in [0.2, 0.25) is 0 Å². The Morgan fingerprint density at radius 3 is 2.80 bits per heavy atom. The molecule has 0 bridgehead atoms. The van der Waals surface area contributed by atoms with E-state index in [1.54, 1.807) is 0 Å². The van der Waals surface area contributed by atoms with E-state index in [1.807, 2.05) is 0 Å². The second-order valence-electron chi connectivity index (χ2n) is 2.98. The molecule has 0 saturated carbocycles. The third kappa shape index (κ3) is 0.655. The molecule has 1 N–H and O–H groups in total. The van der Waals surface area contributed by atoms with Crippen LogP contribution in [0.4, 0.5) is 0 Å². The Bertz CT molecular complexity index is 215. The van der Waals surface area contributed by atoms with Gasteiger partial charge in [-0.3, -0.25) is 4.79 Å². The largest absolute Gasteiger partial charge is 0.389 e. The number of Topliss-reactive ketones (excluding diaryl/α,β-unsaturated/α-hetero) is 1. The maximum atomic E-state index is 11.0. The fourth-order valence-electron chi connectivity index (χ4n) is 1.85. The molecule has 0 aliphatic heterocycles. The number of carbonyl (C=O) groups is 1. The predicted molar refractivity (Wildman–Crippen MR) is 36.5 cm³/mol. The molecule has 0 radical (unpaired) electrons. The number of rotatable bonds is 0. The Morgan fingerprint density at radius 2 is 2.10 bits per heavy atom. The Morgan fingerprint density at radius 1 is 1.30 bits per heavy atom. The monoisotopic (exact) mass is 138 g/mol. The lowest BCUT2D eigenvalue weighted by molar-refractivity contribution is -0.115. The zero-order valence-corrected chi connectivity index (χ0v) is 5.76. The van der Waals surface area contributed by atoms with E-state index in [0.29, 0.717) is 6.42 Å². The molecule has 2 heteroatoms. The quantitative estimate of drug-likeness (QED) is 0.537. The van der Waals surface area contributed by atoms with Crippen LogP contribution in [0.2, 0.25) is 0 Å². The van der Waals surface area contributed by atoms with E-state index in [0.717, 1.165) is 30.4 Å².